The lowest BCUT2D eigenvalue weighted by molar-refractivity contribution is 0.0115. The van der Waals surface area contributed by atoms with Gasteiger partial charge in [-0.25, -0.2) is 0 Å². The van der Waals surface area contributed by atoms with E-state index in [-0.39, 0.29) is 12.2 Å². The lowest BCUT2D eigenvalue weighted by Gasteiger charge is -2.30. The fourth-order valence-corrected chi connectivity index (χ4v) is 3.60. The maximum absolute atomic E-state index is 5.48. The molecule has 0 N–H and O–H groups in total. The summed E-state index contributed by atoms with van der Waals surface area (Å²) in [4.78, 5) is 0. The second-order valence-corrected chi connectivity index (χ2v) is 5.79. The summed E-state index contributed by atoms with van der Waals surface area (Å²) < 4.78 is 13.2. The van der Waals surface area contributed by atoms with E-state index in [0.29, 0.717) is 0 Å². The van der Waals surface area contributed by atoms with Gasteiger partial charge in [-0.05, 0) is 63.8 Å². The first-order chi connectivity index (χ1) is 7.02. The molecule has 1 aliphatic rings. The molecular formula is C11H14I2O2. The third-order valence-electron chi connectivity index (χ3n) is 2.30. The molecule has 1 aliphatic carbocycles. The fraction of sp³-hybridized carbons (Fsp3) is 0.455. The van der Waals surface area contributed by atoms with Crippen molar-refractivity contribution in [1.29, 1.82) is 0 Å². The zero-order valence-corrected chi connectivity index (χ0v) is 13.3. The molecule has 0 bridgehead atoms. The van der Waals surface area contributed by atoms with Gasteiger partial charge in [0.15, 0.2) is 0 Å². The number of hydrogen-bond donors (Lipinski definition) is 0. The van der Waals surface area contributed by atoms with Crippen LogP contribution in [0.2, 0.25) is 0 Å². The van der Waals surface area contributed by atoms with Crippen molar-refractivity contribution >= 4 is 45.2 Å². The number of rotatable bonds is 3. The average molecular weight is 432 g/mol. The van der Waals surface area contributed by atoms with Crippen molar-refractivity contribution in [2.75, 3.05) is 14.2 Å². The first-order valence-electron chi connectivity index (χ1n) is 4.51. The van der Waals surface area contributed by atoms with Gasteiger partial charge in [-0.1, -0.05) is 12.2 Å². The predicted molar refractivity (Wildman–Crippen MR) is 79.6 cm³/mol. The van der Waals surface area contributed by atoms with Crippen molar-refractivity contribution in [3.8, 4) is 0 Å². The van der Waals surface area contributed by atoms with Crippen LogP contribution in [-0.4, -0.2) is 26.4 Å². The largest absolute Gasteiger partial charge is 0.373 e. The minimum absolute atomic E-state index is 0.00519. The Kier molecular flexibility index (Phi) is 5.27. The SMILES string of the molecule is C=C(C)C1=C(I)C(OC)C(OC)C(I)=C1. The molecule has 0 spiro atoms. The molecule has 2 nitrogen and oxygen atoms in total. The smallest absolute Gasteiger partial charge is 0.119 e. The Hall–Kier alpha value is 0.600. The lowest BCUT2D eigenvalue weighted by Crippen LogP contribution is -2.33. The summed E-state index contributed by atoms with van der Waals surface area (Å²) in [6, 6.07) is 0. The Morgan fingerprint density at radius 3 is 2.20 bits per heavy atom. The van der Waals surface area contributed by atoms with Crippen LogP contribution in [-0.2, 0) is 9.47 Å². The summed E-state index contributed by atoms with van der Waals surface area (Å²) in [6.07, 6.45) is 2.11. The van der Waals surface area contributed by atoms with Crippen LogP contribution < -0.4 is 0 Å². The highest BCUT2D eigenvalue weighted by Crippen LogP contribution is 2.37. The Balaban J connectivity index is 3.16. The molecule has 0 aliphatic heterocycles. The van der Waals surface area contributed by atoms with Crippen LogP contribution in [0.25, 0.3) is 0 Å². The van der Waals surface area contributed by atoms with Crippen LogP contribution in [0.4, 0.5) is 0 Å². The van der Waals surface area contributed by atoms with Crippen LogP contribution >= 0.6 is 45.2 Å². The monoisotopic (exact) mass is 432 g/mol. The first kappa shape index (κ1) is 13.7. The Morgan fingerprint density at radius 1 is 1.27 bits per heavy atom. The number of halogens is 2. The van der Waals surface area contributed by atoms with E-state index >= 15 is 0 Å². The zero-order valence-electron chi connectivity index (χ0n) is 9.01. The molecule has 2 atom stereocenters. The normalized spacial score (nSPS) is 26.6. The van der Waals surface area contributed by atoms with Crippen LogP contribution in [0.15, 0.2) is 31.0 Å². The molecular weight excluding hydrogens is 418 g/mol. The van der Waals surface area contributed by atoms with Crippen LogP contribution in [0, 0.1) is 0 Å². The summed E-state index contributed by atoms with van der Waals surface area (Å²) >= 11 is 4.60. The van der Waals surface area contributed by atoms with Gasteiger partial charge in [0.2, 0.25) is 0 Å². The van der Waals surface area contributed by atoms with Gasteiger partial charge in [0.1, 0.15) is 12.2 Å². The summed E-state index contributed by atoms with van der Waals surface area (Å²) in [6.45, 7) is 5.98. The van der Waals surface area contributed by atoms with Gasteiger partial charge in [-0.15, -0.1) is 0 Å². The van der Waals surface area contributed by atoms with E-state index in [9.17, 15) is 0 Å². The summed E-state index contributed by atoms with van der Waals surface area (Å²) in [5.41, 5.74) is 2.23. The molecule has 15 heavy (non-hydrogen) atoms. The standard InChI is InChI=1S/C11H14I2O2/c1-6(2)7-5-8(12)10(14-3)11(15-4)9(7)13/h5,10-11H,1H2,2-4H3. The first-order valence-corrected chi connectivity index (χ1v) is 6.66. The van der Waals surface area contributed by atoms with Gasteiger partial charge in [0, 0.05) is 21.4 Å². The quantitative estimate of drug-likeness (QED) is 0.635. The summed E-state index contributed by atoms with van der Waals surface area (Å²) in [5.74, 6) is 0. The van der Waals surface area contributed by atoms with Crippen molar-refractivity contribution in [2.24, 2.45) is 0 Å². The number of methoxy groups -OCH3 is 2. The third kappa shape index (κ3) is 2.83. The van der Waals surface area contributed by atoms with Crippen molar-refractivity contribution < 1.29 is 9.47 Å². The molecule has 84 valence electrons. The number of allylic oxidation sites excluding steroid dienone is 3. The molecule has 0 aromatic carbocycles. The van der Waals surface area contributed by atoms with Crippen molar-refractivity contribution in [3.63, 3.8) is 0 Å². The molecule has 1 rings (SSSR count). The second kappa shape index (κ2) is 5.79. The van der Waals surface area contributed by atoms with Crippen LogP contribution in [0.3, 0.4) is 0 Å². The van der Waals surface area contributed by atoms with E-state index < -0.39 is 0 Å². The molecule has 0 aromatic rings. The van der Waals surface area contributed by atoms with Gasteiger partial charge in [-0.2, -0.15) is 0 Å². The van der Waals surface area contributed by atoms with E-state index in [0.717, 1.165) is 12.7 Å². The van der Waals surface area contributed by atoms with Gasteiger partial charge < -0.3 is 9.47 Å². The highest BCUT2D eigenvalue weighted by Gasteiger charge is 2.31. The molecule has 0 radical (unpaired) electrons. The molecule has 0 fully saturated rings. The van der Waals surface area contributed by atoms with E-state index in [1.165, 1.54) is 5.57 Å². The number of hydrogen-bond acceptors (Lipinski definition) is 2. The topological polar surface area (TPSA) is 18.5 Å². The molecule has 0 aromatic heterocycles. The van der Waals surface area contributed by atoms with E-state index in [1.807, 2.05) is 6.92 Å². The van der Waals surface area contributed by atoms with Crippen LogP contribution in [0.1, 0.15) is 6.92 Å². The lowest BCUT2D eigenvalue weighted by atomic mass is 9.98. The van der Waals surface area contributed by atoms with Crippen molar-refractivity contribution in [2.45, 2.75) is 19.1 Å². The molecule has 2 unspecified atom stereocenters. The second-order valence-electron chi connectivity index (χ2n) is 3.38. The Morgan fingerprint density at radius 2 is 1.80 bits per heavy atom. The average Bonchev–Trinajstić information content (AvgIpc) is 2.19. The predicted octanol–water partition coefficient (Wildman–Crippen LogP) is 3.61. The third-order valence-corrected chi connectivity index (χ3v) is 4.42. The molecule has 0 heterocycles. The van der Waals surface area contributed by atoms with E-state index in [2.05, 4.69) is 57.8 Å². The van der Waals surface area contributed by atoms with Gasteiger partial charge >= 0.3 is 0 Å². The minimum Gasteiger partial charge on any atom is -0.373 e. The highest BCUT2D eigenvalue weighted by molar-refractivity contribution is 14.1. The molecule has 0 saturated carbocycles. The van der Waals surface area contributed by atoms with E-state index in [4.69, 9.17) is 9.47 Å². The number of ether oxygens (including phenoxy) is 2. The Labute approximate surface area is 118 Å². The van der Waals surface area contributed by atoms with Crippen molar-refractivity contribution in [3.05, 3.63) is 31.0 Å². The summed E-state index contributed by atoms with van der Waals surface area (Å²) in [7, 11) is 3.42. The minimum atomic E-state index is -0.0146. The molecule has 0 saturated heterocycles. The highest BCUT2D eigenvalue weighted by atomic mass is 127. The van der Waals surface area contributed by atoms with Gasteiger partial charge in [0.05, 0.1) is 0 Å². The maximum atomic E-state index is 5.48. The van der Waals surface area contributed by atoms with Crippen molar-refractivity contribution in [1.82, 2.24) is 0 Å². The summed E-state index contributed by atoms with van der Waals surface area (Å²) in [5, 5.41) is 0. The molecule has 4 heteroatoms. The van der Waals surface area contributed by atoms with Gasteiger partial charge in [-0.3, -0.25) is 0 Å². The van der Waals surface area contributed by atoms with E-state index in [1.54, 1.807) is 14.2 Å². The molecule has 0 amide bonds. The van der Waals surface area contributed by atoms with Gasteiger partial charge in [0.25, 0.3) is 0 Å². The zero-order chi connectivity index (χ0) is 11.6. The maximum Gasteiger partial charge on any atom is 0.119 e. The Bertz CT molecular complexity index is 331. The fourth-order valence-electron chi connectivity index (χ4n) is 1.51. The van der Waals surface area contributed by atoms with Crippen LogP contribution in [0.5, 0.6) is 0 Å².